The Bertz CT molecular complexity index is 1280. The molecule has 2 aliphatic rings. The van der Waals surface area contributed by atoms with Crippen molar-refractivity contribution < 1.29 is 14.7 Å². The highest BCUT2D eigenvalue weighted by molar-refractivity contribution is 5.98. The van der Waals surface area contributed by atoms with E-state index in [-0.39, 0.29) is 6.61 Å². The summed E-state index contributed by atoms with van der Waals surface area (Å²) >= 11 is 0. The van der Waals surface area contributed by atoms with Gasteiger partial charge in [0.15, 0.2) is 6.10 Å². The Morgan fingerprint density at radius 3 is 2.18 bits per heavy atom. The summed E-state index contributed by atoms with van der Waals surface area (Å²) in [6, 6.07) is 18.1. The Hall–Kier alpha value is -3.43. The zero-order valence-electron chi connectivity index (χ0n) is 18.4. The lowest BCUT2D eigenvalue weighted by Crippen LogP contribution is -2.51. The molecule has 1 aliphatic carbocycles. The molecule has 0 radical (unpaired) electrons. The van der Waals surface area contributed by atoms with Gasteiger partial charge in [-0.3, -0.25) is 0 Å². The molecule has 1 aliphatic heterocycles. The monoisotopic (exact) mass is 450 g/mol. The number of benzene rings is 2. The third-order valence-electron chi connectivity index (χ3n) is 6.53. The maximum atomic E-state index is 12.8. The lowest BCUT2D eigenvalue weighted by atomic mass is 9.85. The zero-order chi connectivity index (χ0) is 23.1. The standard InChI is InChI=1S/C24H26N4O5/c1-15(17-11-7-4-8-12-17)25-33-22-19-13-18(27-23(30)26(2)24(31)28(19)27)21(20(22)29)32-14-16-9-5-3-6-10-16/h3-12,18-22,29H,13-14H2,1-2H3/b25-15+/t18-,19+,20-,21+,22-/m1/s1. The summed E-state index contributed by atoms with van der Waals surface area (Å²) in [6.45, 7) is 2.07. The molecule has 1 saturated carbocycles. The number of aliphatic hydroxyl groups excluding tert-OH is 1. The van der Waals surface area contributed by atoms with E-state index < -0.39 is 41.8 Å². The Labute approximate surface area is 190 Å². The molecule has 0 amide bonds. The fraction of sp³-hybridized carbons (Fsp3) is 0.375. The molecule has 3 aromatic rings. The molecule has 172 valence electrons. The van der Waals surface area contributed by atoms with E-state index in [1.807, 2.05) is 67.6 Å². The van der Waals surface area contributed by atoms with Gasteiger partial charge in [-0.05, 0) is 24.5 Å². The van der Waals surface area contributed by atoms with Crippen LogP contribution in [0.5, 0.6) is 0 Å². The van der Waals surface area contributed by atoms with E-state index in [2.05, 4.69) is 5.16 Å². The fourth-order valence-electron chi connectivity index (χ4n) is 4.79. The van der Waals surface area contributed by atoms with E-state index in [1.165, 1.54) is 16.4 Å². The molecule has 9 heteroatoms. The molecule has 5 atom stereocenters. The molecule has 2 bridgehead atoms. The van der Waals surface area contributed by atoms with Crippen LogP contribution in [0.1, 0.15) is 36.6 Å². The summed E-state index contributed by atoms with van der Waals surface area (Å²) in [5.74, 6) is 0. The van der Waals surface area contributed by atoms with Gasteiger partial charge in [0.1, 0.15) is 12.2 Å². The molecular formula is C24H26N4O5. The first-order valence-electron chi connectivity index (χ1n) is 11.0. The van der Waals surface area contributed by atoms with Gasteiger partial charge in [0.25, 0.3) is 0 Å². The molecule has 0 saturated heterocycles. The third-order valence-corrected chi connectivity index (χ3v) is 6.53. The smallest absolute Gasteiger partial charge is 0.347 e. The average Bonchev–Trinajstić information content (AvgIpc) is 3.30. The van der Waals surface area contributed by atoms with Crippen LogP contribution in [0.3, 0.4) is 0 Å². The zero-order valence-corrected chi connectivity index (χ0v) is 18.4. The van der Waals surface area contributed by atoms with Crippen molar-refractivity contribution in [3.05, 3.63) is 92.8 Å². The van der Waals surface area contributed by atoms with Crippen molar-refractivity contribution in [1.82, 2.24) is 13.9 Å². The minimum absolute atomic E-state index is 0.259. The van der Waals surface area contributed by atoms with Crippen LogP contribution in [0.15, 0.2) is 75.4 Å². The van der Waals surface area contributed by atoms with Crippen LogP contribution in [-0.2, 0) is 23.2 Å². The van der Waals surface area contributed by atoms with E-state index in [9.17, 15) is 14.7 Å². The van der Waals surface area contributed by atoms with Crippen molar-refractivity contribution >= 4 is 5.71 Å². The minimum atomic E-state index is -1.08. The maximum Gasteiger partial charge on any atom is 0.347 e. The molecule has 1 fully saturated rings. The minimum Gasteiger partial charge on any atom is -0.387 e. The number of aliphatic hydroxyl groups is 1. The summed E-state index contributed by atoms with van der Waals surface area (Å²) in [5, 5.41) is 15.5. The first kappa shape index (κ1) is 21.4. The summed E-state index contributed by atoms with van der Waals surface area (Å²) in [5.41, 5.74) is 1.59. The molecule has 2 aromatic carbocycles. The average molecular weight is 450 g/mol. The number of fused-ring (bicyclic) bond motifs is 5. The summed E-state index contributed by atoms with van der Waals surface area (Å²) in [4.78, 5) is 31.5. The second-order valence-corrected chi connectivity index (χ2v) is 8.55. The summed E-state index contributed by atoms with van der Waals surface area (Å²) < 4.78 is 10.00. The van der Waals surface area contributed by atoms with Gasteiger partial charge in [-0.25, -0.2) is 23.5 Å². The third kappa shape index (κ3) is 3.63. The largest absolute Gasteiger partial charge is 0.387 e. The summed E-state index contributed by atoms with van der Waals surface area (Å²) in [6.07, 6.45) is -2.24. The normalized spacial score (nSPS) is 26.3. The van der Waals surface area contributed by atoms with E-state index in [4.69, 9.17) is 9.57 Å². The molecule has 0 spiro atoms. The van der Waals surface area contributed by atoms with Gasteiger partial charge in [0.05, 0.1) is 24.4 Å². The molecule has 9 nitrogen and oxygen atoms in total. The highest BCUT2D eigenvalue weighted by Gasteiger charge is 2.55. The van der Waals surface area contributed by atoms with Gasteiger partial charge in [-0.2, -0.15) is 0 Å². The molecule has 33 heavy (non-hydrogen) atoms. The first-order valence-corrected chi connectivity index (χ1v) is 11.0. The number of hydrogen-bond acceptors (Lipinski definition) is 6. The van der Waals surface area contributed by atoms with Crippen LogP contribution in [0.4, 0.5) is 0 Å². The van der Waals surface area contributed by atoms with Crippen LogP contribution in [0, 0.1) is 0 Å². The van der Waals surface area contributed by atoms with Crippen LogP contribution in [0.2, 0.25) is 0 Å². The second-order valence-electron chi connectivity index (χ2n) is 8.55. The van der Waals surface area contributed by atoms with E-state index in [0.717, 1.165) is 15.7 Å². The highest BCUT2D eigenvalue weighted by atomic mass is 16.6. The lowest BCUT2D eigenvalue weighted by molar-refractivity contribution is -0.156. The van der Waals surface area contributed by atoms with Crippen LogP contribution in [-0.4, -0.2) is 43.1 Å². The van der Waals surface area contributed by atoms with Crippen molar-refractivity contribution in [2.45, 2.75) is 50.3 Å². The Kier molecular flexibility index (Phi) is 5.51. The molecule has 1 N–H and O–H groups in total. The second kappa shape index (κ2) is 8.49. The predicted octanol–water partition coefficient (Wildman–Crippen LogP) is 1.60. The van der Waals surface area contributed by atoms with Gasteiger partial charge in [-0.15, -0.1) is 0 Å². The van der Waals surface area contributed by atoms with Gasteiger partial charge in [0.2, 0.25) is 0 Å². The Balaban J connectivity index is 1.48. The Morgan fingerprint density at radius 2 is 1.55 bits per heavy atom. The van der Waals surface area contributed by atoms with Crippen LogP contribution in [0.25, 0.3) is 0 Å². The predicted molar refractivity (Wildman–Crippen MR) is 121 cm³/mol. The van der Waals surface area contributed by atoms with Crippen molar-refractivity contribution in [2.24, 2.45) is 12.2 Å². The van der Waals surface area contributed by atoms with E-state index in [0.29, 0.717) is 12.1 Å². The molecule has 0 unspecified atom stereocenters. The number of nitrogens with zero attached hydrogens (tertiary/aromatic N) is 4. The number of ether oxygens (including phenoxy) is 1. The quantitative estimate of drug-likeness (QED) is 0.454. The van der Waals surface area contributed by atoms with Gasteiger partial charge in [-0.1, -0.05) is 65.8 Å². The highest BCUT2D eigenvalue weighted by Crippen LogP contribution is 2.43. The van der Waals surface area contributed by atoms with Gasteiger partial charge >= 0.3 is 11.4 Å². The number of rotatable bonds is 6. The van der Waals surface area contributed by atoms with E-state index >= 15 is 0 Å². The molecular weight excluding hydrogens is 424 g/mol. The maximum absolute atomic E-state index is 12.8. The van der Waals surface area contributed by atoms with Crippen LogP contribution >= 0.6 is 0 Å². The SMILES string of the molecule is C/C(=N\O[C@H]1[C@H](O)[C@@H](OCc2ccccc2)[C@H]2C[C@@H]1n1c(=O)n(C)c(=O)n12)c1ccccc1. The first-order chi connectivity index (χ1) is 16.0. The topological polar surface area (TPSA) is 100.0 Å². The van der Waals surface area contributed by atoms with Crippen molar-refractivity contribution in [3.63, 3.8) is 0 Å². The van der Waals surface area contributed by atoms with Crippen molar-refractivity contribution in [3.8, 4) is 0 Å². The molecule has 2 heterocycles. The number of oxime groups is 1. The van der Waals surface area contributed by atoms with E-state index in [1.54, 1.807) is 0 Å². The Morgan fingerprint density at radius 1 is 0.970 bits per heavy atom. The van der Waals surface area contributed by atoms with Crippen LogP contribution < -0.4 is 11.4 Å². The number of aromatic nitrogens is 3. The van der Waals surface area contributed by atoms with Crippen molar-refractivity contribution in [1.29, 1.82) is 0 Å². The van der Waals surface area contributed by atoms with Gasteiger partial charge < -0.3 is 14.7 Å². The van der Waals surface area contributed by atoms with Gasteiger partial charge in [0, 0.05) is 7.05 Å². The summed E-state index contributed by atoms with van der Waals surface area (Å²) in [7, 11) is 1.45. The number of hydrogen-bond donors (Lipinski definition) is 1. The molecule has 1 aromatic heterocycles. The lowest BCUT2D eigenvalue weighted by Gasteiger charge is -2.37. The van der Waals surface area contributed by atoms with Crippen molar-refractivity contribution in [2.75, 3.05) is 0 Å². The molecule has 5 rings (SSSR count). The fourth-order valence-corrected chi connectivity index (χ4v) is 4.79.